The summed E-state index contributed by atoms with van der Waals surface area (Å²) < 4.78 is 0. The largest absolute Gasteiger partial charge is 0.338 e. The fraction of sp³-hybridized carbons (Fsp3) is 0.364. The Bertz CT molecular complexity index is 1020. The number of piperazine rings is 1. The summed E-state index contributed by atoms with van der Waals surface area (Å²) in [5.74, 6) is 3.37. The van der Waals surface area contributed by atoms with Gasteiger partial charge in [0.2, 0.25) is 11.9 Å². The van der Waals surface area contributed by atoms with Crippen molar-refractivity contribution in [2.75, 3.05) is 42.9 Å². The number of halogens is 1. The maximum absolute atomic E-state index is 6.10. The highest BCUT2D eigenvalue weighted by Gasteiger charge is 2.28. The lowest BCUT2D eigenvalue weighted by atomic mass is 10.2. The lowest BCUT2D eigenvalue weighted by Crippen LogP contribution is -2.44. The molecular formula is C22H24ClN7. The predicted octanol–water partition coefficient (Wildman–Crippen LogP) is 3.27. The van der Waals surface area contributed by atoms with E-state index in [2.05, 4.69) is 41.6 Å². The molecule has 0 unspecified atom stereocenters. The van der Waals surface area contributed by atoms with Crippen LogP contribution in [0.3, 0.4) is 0 Å². The number of hydrogen-bond acceptors (Lipinski definition) is 7. The standard InChI is InChI=1S/C22H24ClN7/c23-18-3-1-2-15(12-18)4-7-19-26-21(27-20-13-17(14-25-20)16-5-6-16)29-22(28-19)30-10-8-24-9-11-30/h1-4,7,12-13,16,24H,5-6,8-11,14H2,(H,25,26,27,28,29)/b7-4+. The Kier molecular flexibility index (Phi) is 5.46. The number of aliphatic imine (C=N–C) groups is 1. The number of amidine groups is 1. The molecule has 1 saturated carbocycles. The molecule has 0 amide bonds. The maximum atomic E-state index is 6.10. The van der Waals surface area contributed by atoms with Crippen LogP contribution in [0.1, 0.15) is 24.2 Å². The fourth-order valence-electron chi connectivity index (χ4n) is 3.63. The van der Waals surface area contributed by atoms with Gasteiger partial charge in [0, 0.05) is 31.2 Å². The van der Waals surface area contributed by atoms with Crippen LogP contribution in [0.4, 0.5) is 11.9 Å². The predicted molar refractivity (Wildman–Crippen MR) is 122 cm³/mol. The maximum Gasteiger partial charge on any atom is 0.233 e. The van der Waals surface area contributed by atoms with Crippen LogP contribution in [0.15, 0.2) is 40.9 Å². The summed E-state index contributed by atoms with van der Waals surface area (Å²) in [6.07, 6.45) is 8.57. The van der Waals surface area contributed by atoms with Crippen molar-refractivity contribution in [1.82, 2.24) is 20.3 Å². The topological polar surface area (TPSA) is 78.3 Å². The zero-order valence-electron chi connectivity index (χ0n) is 16.7. The van der Waals surface area contributed by atoms with Crippen molar-refractivity contribution in [3.05, 3.63) is 52.3 Å². The van der Waals surface area contributed by atoms with Crippen LogP contribution < -0.4 is 15.5 Å². The number of nitrogens with one attached hydrogen (secondary N) is 2. The lowest BCUT2D eigenvalue weighted by Gasteiger charge is -2.27. The van der Waals surface area contributed by atoms with E-state index in [-0.39, 0.29) is 0 Å². The van der Waals surface area contributed by atoms with Crippen molar-refractivity contribution in [1.29, 1.82) is 0 Å². The van der Waals surface area contributed by atoms with Gasteiger partial charge in [-0.25, -0.2) is 0 Å². The number of benzene rings is 1. The molecule has 7 nitrogen and oxygen atoms in total. The minimum absolute atomic E-state index is 0.524. The summed E-state index contributed by atoms with van der Waals surface area (Å²) >= 11 is 6.10. The molecule has 2 N–H and O–H groups in total. The van der Waals surface area contributed by atoms with Gasteiger partial charge >= 0.3 is 0 Å². The molecule has 1 aromatic heterocycles. The van der Waals surface area contributed by atoms with Crippen LogP contribution >= 0.6 is 11.6 Å². The normalized spacial score (nSPS) is 19.2. The first-order valence-corrected chi connectivity index (χ1v) is 10.8. The molecule has 8 heteroatoms. The minimum Gasteiger partial charge on any atom is -0.338 e. The van der Waals surface area contributed by atoms with Crippen LogP contribution in [0, 0.1) is 5.92 Å². The summed E-state index contributed by atoms with van der Waals surface area (Å²) in [4.78, 5) is 20.8. The van der Waals surface area contributed by atoms with Crippen LogP contribution in [-0.4, -0.2) is 53.5 Å². The molecule has 3 aliphatic rings. The Morgan fingerprint density at radius 3 is 2.77 bits per heavy atom. The second-order valence-electron chi connectivity index (χ2n) is 7.76. The minimum atomic E-state index is 0.524. The van der Waals surface area contributed by atoms with E-state index in [1.54, 1.807) is 0 Å². The summed E-state index contributed by atoms with van der Waals surface area (Å²) in [7, 11) is 0. The molecule has 0 spiro atoms. The molecule has 2 aromatic rings. The Morgan fingerprint density at radius 1 is 1.10 bits per heavy atom. The SMILES string of the molecule is Clc1cccc(/C=C/c2nc(NC3=NCC(C4CC4)=C3)nc(N3CCNCC3)n2)c1. The van der Waals surface area contributed by atoms with Gasteiger partial charge in [0.25, 0.3) is 0 Å². The molecule has 2 fully saturated rings. The molecule has 1 aromatic carbocycles. The van der Waals surface area contributed by atoms with Gasteiger partial charge in [-0.1, -0.05) is 29.8 Å². The van der Waals surface area contributed by atoms with E-state index in [1.165, 1.54) is 18.4 Å². The highest BCUT2D eigenvalue weighted by molar-refractivity contribution is 6.30. The van der Waals surface area contributed by atoms with E-state index in [9.17, 15) is 0 Å². The molecule has 154 valence electrons. The van der Waals surface area contributed by atoms with Crippen molar-refractivity contribution >= 4 is 41.5 Å². The average Bonchev–Trinajstić information content (AvgIpc) is 3.52. The summed E-state index contributed by atoms with van der Waals surface area (Å²) in [6, 6.07) is 7.69. The van der Waals surface area contributed by atoms with Crippen LogP contribution in [0.25, 0.3) is 12.2 Å². The Hall–Kier alpha value is -2.77. The lowest BCUT2D eigenvalue weighted by molar-refractivity contribution is 0.579. The number of hydrogen-bond donors (Lipinski definition) is 2. The molecule has 1 saturated heterocycles. The number of rotatable bonds is 5. The molecule has 30 heavy (non-hydrogen) atoms. The van der Waals surface area contributed by atoms with Gasteiger partial charge in [-0.3, -0.25) is 4.99 Å². The van der Waals surface area contributed by atoms with E-state index in [0.717, 1.165) is 50.0 Å². The number of aromatic nitrogens is 3. The van der Waals surface area contributed by atoms with Gasteiger partial charge < -0.3 is 15.5 Å². The van der Waals surface area contributed by atoms with Crippen molar-refractivity contribution in [2.45, 2.75) is 12.8 Å². The molecular weight excluding hydrogens is 398 g/mol. The van der Waals surface area contributed by atoms with Crippen molar-refractivity contribution < 1.29 is 0 Å². The number of anilines is 2. The van der Waals surface area contributed by atoms with Gasteiger partial charge in [-0.05, 0) is 54.2 Å². The Morgan fingerprint density at radius 2 is 1.97 bits per heavy atom. The average molecular weight is 422 g/mol. The molecule has 1 aliphatic carbocycles. The van der Waals surface area contributed by atoms with Crippen molar-refractivity contribution in [2.24, 2.45) is 10.9 Å². The van der Waals surface area contributed by atoms with E-state index >= 15 is 0 Å². The highest BCUT2D eigenvalue weighted by Crippen LogP contribution is 2.37. The molecule has 0 radical (unpaired) electrons. The molecule has 3 heterocycles. The zero-order chi connectivity index (χ0) is 20.3. The van der Waals surface area contributed by atoms with Gasteiger partial charge in [0.15, 0.2) is 5.82 Å². The monoisotopic (exact) mass is 421 g/mol. The highest BCUT2D eigenvalue weighted by atomic mass is 35.5. The van der Waals surface area contributed by atoms with Gasteiger partial charge in [-0.2, -0.15) is 15.0 Å². The molecule has 2 aliphatic heterocycles. The molecule has 5 rings (SSSR count). The first-order valence-electron chi connectivity index (χ1n) is 10.4. The van der Waals surface area contributed by atoms with E-state index in [1.807, 2.05) is 36.4 Å². The Labute approximate surface area is 181 Å². The van der Waals surface area contributed by atoms with Crippen LogP contribution in [0.2, 0.25) is 5.02 Å². The van der Waals surface area contributed by atoms with Gasteiger partial charge in [0.05, 0.1) is 6.54 Å². The molecule has 0 bridgehead atoms. The second kappa shape index (κ2) is 8.53. The van der Waals surface area contributed by atoms with Gasteiger partial charge in [-0.15, -0.1) is 0 Å². The Balaban J connectivity index is 1.41. The van der Waals surface area contributed by atoms with Crippen LogP contribution in [0.5, 0.6) is 0 Å². The van der Waals surface area contributed by atoms with Crippen LogP contribution in [-0.2, 0) is 0 Å². The molecule has 0 atom stereocenters. The van der Waals surface area contributed by atoms with E-state index < -0.39 is 0 Å². The third-order valence-corrected chi connectivity index (χ3v) is 5.65. The summed E-state index contributed by atoms with van der Waals surface area (Å²) in [6.45, 7) is 4.36. The van der Waals surface area contributed by atoms with Crippen molar-refractivity contribution in [3.8, 4) is 0 Å². The summed E-state index contributed by atoms with van der Waals surface area (Å²) in [5, 5.41) is 7.36. The van der Waals surface area contributed by atoms with Gasteiger partial charge in [0.1, 0.15) is 5.84 Å². The zero-order valence-corrected chi connectivity index (χ0v) is 17.4. The third kappa shape index (κ3) is 4.68. The fourth-order valence-corrected chi connectivity index (χ4v) is 3.83. The first kappa shape index (κ1) is 19.2. The summed E-state index contributed by atoms with van der Waals surface area (Å²) in [5.41, 5.74) is 2.41. The second-order valence-corrected chi connectivity index (χ2v) is 8.20. The van der Waals surface area contributed by atoms with E-state index in [0.29, 0.717) is 22.7 Å². The first-order chi connectivity index (χ1) is 14.7. The quantitative estimate of drug-likeness (QED) is 0.771. The van der Waals surface area contributed by atoms with E-state index in [4.69, 9.17) is 11.6 Å². The van der Waals surface area contributed by atoms with Crippen molar-refractivity contribution in [3.63, 3.8) is 0 Å². The smallest absolute Gasteiger partial charge is 0.233 e. The number of nitrogens with zero attached hydrogens (tertiary/aromatic N) is 5. The third-order valence-electron chi connectivity index (χ3n) is 5.41.